The van der Waals surface area contributed by atoms with E-state index in [4.69, 9.17) is 0 Å². The monoisotopic (exact) mass is 256 g/mol. The van der Waals surface area contributed by atoms with Crippen molar-refractivity contribution in [2.24, 2.45) is 0 Å². The van der Waals surface area contributed by atoms with Crippen LogP contribution in [0.2, 0.25) is 0 Å². The molecule has 0 radical (unpaired) electrons. The smallest absolute Gasteiger partial charge is 0.279 e. The number of thioether (sulfide) groups is 1. The van der Waals surface area contributed by atoms with Gasteiger partial charge in [-0.05, 0) is 25.7 Å². The first-order valence-corrected chi connectivity index (χ1v) is 7.07. The van der Waals surface area contributed by atoms with Crippen LogP contribution in [0.25, 0.3) is 0 Å². The minimum Gasteiger partial charge on any atom is -0.393 e. The number of aliphatic hydroxyl groups is 1. The zero-order chi connectivity index (χ0) is 12.0. The number of rotatable bonds is 1. The second kappa shape index (κ2) is 4.17. The highest BCUT2D eigenvalue weighted by molar-refractivity contribution is 8.14. The van der Waals surface area contributed by atoms with Crippen LogP contribution in [0, 0.1) is 0 Å². The average Bonchev–Trinajstić information content (AvgIpc) is 2.81. The second-order valence-electron chi connectivity index (χ2n) is 5.05. The van der Waals surface area contributed by atoms with Gasteiger partial charge in [0.2, 0.25) is 5.91 Å². The number of nitrogens with zero attached hydrogens (tertiary/aromatic N) is 1. The van der Waals surface area contributed by atoms with Gasteiger partial charge in [-0.3, -0.25) is 9.59 Å². The van der Waals surface area contributed by atoms with Crippen LogP contribution in [0.3, 0.4) is 0 Å². The minimum atomic E-state index is -0.356. The number of hydrogen-bond donors (Lipinski definition) is 2. The Morgan fingerprint density at radius 1 is 1.35 bits per heavy atom. The molecule has 0 aromatic heterocycles. The van der Waals surface area contributed by atoms with Crippen molar-refractivity contribution >= 4 is 22.9 Å². The van der Waals surface area contributed by atoms with E-state index in [9.17, 15) is 14.7 Å². The van der Waals surface area contributed by atoms with Crippen LogP contribution < -0.4 is 5.32 Å². The van der Waals surface area contributed by atoms with Gasteiger partial charge in [0.15, 0.2) is 0 Å². The van der Waals surface area contributed by atoms with Crippen molar-refractivity contribution < 1.29 is 14.7 Å². The third-order valence-corrected chi connectivity index (χ3v) is 4.81. The highest BCUT2D eigenvalue weighted by Gasteiger charge is 2.45. The summed E-state index contributed by atoms with van der Waals surface area (Å²) in [5.74, 6) is 0.582. The Morgan fingerprint density at radius 2 is 2.00 bits per heavy atom. The molecular formula is C11H16N2O3S. The molecule has 2 amide bonds. The summed E-state index contributed by atoms with van der Waals surface area (Å²) < 4.78 is 0. The van der Waals surface area contributed by atoms with E-state index in [-0.39, 0.29) is 35.4 Å². The lowest BCUT2D eigenvalue weighted by Crippen LogP contribution is -2.54. The molecule has 3 aliphatic heterocycles. The summed E-state index contributed by atoms with van der Waals surface area (Å²) in [5.41, 5.74) is 0. The van der Waals surface area contributed by atoms with Gasteiger partial charge in [-0.1, -0.05) is 11.8 Å². The number of nitrogens with one attached hydrogen (secondary N) is 1. The molecule has 3 saturated heterocycles. The maximum absolute atomic E-state index is 12.3. The molecule has 0 spiro atoms. The molecule has 2 bridgehead atoms. The van der Waals surface area contributed by atoms with E-state index >= 15 is 0 Å². The molecule has 3 unspecified atom stereocenters. The summed E-state index contributed by atoms with van der Waals surface area (Å²) in [5, 5.41) is 12.3. The van der Waals surface area contributed by atoms with Crippen LogP contribution in [0.4, 0.5) is 4.79 Å². The molecule has 3 atom stereocenters. The van der Waals surface area contributed by atoms with Gasteiger partial charge in [-0.2, -0.15) is 0 Å². The van der Waals surface area contributed by atoms with Crippen molar-refractivity contribution in [3.63, 3.8) is 0 Å². The molecule has 0 aliphatic carbocycles. The summed E-state index contributed by atoms with van der Waals surface area (Å²) in [4.78, 5) is 25.4. The third-order valence-electron chi connectivity index (χ3n) is 3.93. The maximum Gasteiger partial charge on any atom is 0.279 e. The van der Waals surface area contributed by atoms with Gasteiger partial charge >= 0.3 is 0 Å². The highest BCUT2D eigenvalue weighted by atomic mass is 32.2. The first-order valence-electron chi connectivity index (χ1n) is 6.08. The lowest BCUT2D eigenvalue weighted by Gasteiger charge is -2.38. The van der Waals surface area contributed by atoms with Gasteiger partial charge in [0, 0.05) is 17.8 Å². The van der Waals surface area contributed by atoms with Crippen molar-refractivity contribution in [3.05, 3.63) is 0 Å². The Bertz CT molecular complexity index is 349. The number of hydrogen-bond acceptors (Lipinski definition) is 4. The predicted molar refractivity (Wildman–Crippen MR) is 63.7 cm³/mol. The predicted octanol–water partition coefficient (Wildman–Crippen LogP) is 0.326. The van der Waals surface area contributed by atoms with Gasteiger partial charge in [-0.15, -0.1) is 0 Å². The summed E-state index contributed by atoms with van der Waals surface area (Å²) in [6.45, 7) is 0. The van der Waals surface area contributed by atoms with Gasteiger partial charge in [-0.25, -0.2) is 0 Å². The number of carbonyl (C=O) groups is 2. The molecule has 17 heavy (non-hydrogen) atoms. The quantitative estimate of drug-likeness (QED) is 0.709. The van der Waals surface area contributed by atoms with Crippen molar-refractivity contribution in [1.82, 2.24) is 10.2 Å². The van der Waals surface area contributed by atoms with Gasteiger partial charge in [0.25, 0.3) is 5.24 Å². The lowest BCUT2D eigenvalue weighted by atomic mass is 9.99. The largest absolute Gasteiger partial charge is 0.393 e. The van der Waals surface area contributed by atoms with Crippen molar-refractivity contribution in [2.75, 3.05) is 5.75 Å². The van der Waals surface area contributed by atoms with Crippen LogP contribution >= 0.6 is 11.8 Å². The number of piperidine rings is 1. The third kappa shape index (κ3) is 1.93. The highest BCUT2D eigenvalue weighted by Crippen LogP contribution is 2.36. The molecule has 3 heterocycles. The molecule has 0 aromatic carbocycles. The fourth-order valence-corrected chi connectivity index (χ4v) is 3.98. The van der Waals surface area contributed by atoms with E-state index in [1.807, 2.05) is 4.90 Å². The Labute approximate surface area is 104 Å². The van der Waals surface area contributed by atoms with Gasteiger partial charge in [0.1, 0.15) is 6.04 Å². The summed E-state index contributed by atoms with van der Waals surface area (Å²) in [7, 11) is 0. The molecule has 6 heteroatoms. The van der Waals surface area contributed by atoms with E-state index in [2.05, 4.69) is 5.32 Å². The molecule has 2 N–H and O–H groups in total. The number of fused-ring (bicyclic) bond motifs is 2. The van der Waals surface area contributed by atoms with Crippen LogP contribution in [0.15, 0.2) is 0 Å². The minimum absolute atomic E-state index is 0.0442. The van der Waals surface area contributed by atoms with Crippen molar-refractivity contribution in [2.45, 2.75) is 49.9 Å². The number of amides is 2. The van der Waals surface area contributed by atoms with Crippen LogP contribution in [-0.4, -0.2) is 51.1 Å². The Kier molecular flexibility index (Phi) is 2.78. The fraction of sp³-hybridized carbons (Fsp3) is 0.818. The van der Waals surface area contributed by atoms with E-state index in [0.717, 1.165) is 12.8 Å². The average molecular weight is 256 g/mol. The first kappa shape index (κ1) is 11.3. The Morgan fingerprint density at radius 3 is 2.53 bits per heavy atom. The van der Waals surface area contributed by atoms with Crippen LogP contribution in [0.1, 0.15) is 25.7 Å². The molecule has 5 nitrogen and oxygen atoms in total. The SMILES string of the molecule is O=C1NC(C(=O)N2C3CCC2CC(O)C3)CS1. The zero-order valence-electron chi connectivity index (χ0n) is 9.46. The van der Waals surface area contributed by atoms with E-state index in [0.29, 0.717) is 18.6 Å². The molecule has 3 rings (SSSR count). The second-order valence-corrected chi connectivity index (χ2v) is 6.04. The first-order chi connectivity index (χ1) is 8.15. The fourth-order valence-electron chi connectivity index (χ4n) is 3.21. The Hall–Kier alpha value is -0.750. The molecule has 0 aromatic rings. The number of carbonyl (C=O) groups excluding carboxylic acids is 2. The van der Waals surface area contributed by atoms with Crippen molar-refractivity contribution in [3.8, 4) is 0 Å². The van der Waals surface area contributed by atoms with Crippen molar-refractivity contribution in [1.29, 1.82) is 0 Å². The van der Waals surface area contributed by atoms with E-state index in [1.54, 1.807) is 0 Å². The maximum atomic E-state index is 12.3. The molecule has 94 valence electrons. The summed E-state index contributed by atoms with van der Waals surface area (Å²) >= 11 is 1.17. The van der Waals surface area contributed by atoms with E-state index < -0.39 is 0 Å². The lowest BCUT2D eigenvalue weighted by molar-refractivity contribution is -0.138. The normalized spacial score (nSPS) is 40.5. The number of aliphatic hydroxyl groups excluding tert-OH is 1. The standard InChI is InChI=1S/C11H16N2O3S/c14-8-3-6-1-2-7(4-8)13(6)10(15)9-5-17-11(16)12-9/h6-9,14H,1-5H2,(H,12,16). The summed E-state index contributed by atoms with van der Waals surface area (Å²) in [6, 6.07) is 0.00310. The molecular weight excluding hydrogens is 240 g/mol. The molecule has 3 fully saturated rings. The topological polar surface area (TPSA) is 69.6 Å². The van der Waals surface area contributed by atoms with Gasteiger partial charge in [0.05, 0.1) is 6.10 Å². The zero-order valence-corrected chi connectivity index (χ0v) is 10.3. The van der Waals surface area contributed by atoms with Crippen LogP contribution in [-0.2, 0) is 4.79 Å². The van der Waals surface area contributed by atoms with Crippen LogP contribution in [0.5, 0.6) is 0 Å². The molecule has 3 aliphatic rings. The van der Waals surface area contributed by atoms with Gasteiger partial charge < -0.3 is 15.3 Å². The Balaban J connectivity index is 1.72. The summed E-state index contributed by atoms with van der Waals surface area (Å²) in [6.07, 6.45) is 3.10. The molecule has 0 saturated carbocycles. The van der Waals surface area contributed by atoms with E-state index in [1.165, 1.54) is 11.8 Å².